The molecule has 0 saturated heterocycles. The molecule has 1 aromatic carbocycles. The van der Waals surface area contributed by atoms with Crippen molar-refractivity contribution in [3.8, 4) is 0 Å². The number of aromatic nitrogens is 2. The third-order valence-corrected chi connectivity index (χ3v) is 3.23. The summed E-state index contributed by atoms with van der Waals surface area (Å²) in [5.41, 5.74) is 0.566. The Balaban J connectivity index is 2.02. The minimum Gasteiger partial charge on any atom is -0.385 e. The van der Waals surface area contributed by atoms with Crippen LogP contribution in [-0.4, -0.2) is 16.3 Å². The van der Waals surface area contributed by atoms with Crippen LogP contribution in [-0.2, 0) is 19.6 Å². The molecule has 0 atom stereocenters. The van der Waals surface area contributed by atoms with Gasteiger partial charge in [-0.3, -0.25) is 4.68 Å². The first-order chi connectivity index (χ1) is 9.38. The SMILES string of the molecule is Cn1nccc1CCNc1ccc(Cl)c(C(F)(F)F)c1. The maximum atomic E-state index is 12.7. The lowest BCUT2D eigenvalue weighted by Crippen LogP contribution is -2.10. The average Bonchev–Trinajstić information content (AvgIpc) is 2.76. The van der Waals surface area contributed by atoms with Crippen LogP contribution in [0.2, 0.25) is 5.02 Å². The lowest BCUT2D eigenvalue weighted by molar-refractivity contribution is -0.137. The molecule has 0 unspecified atom stereocenters. The topological polar surface area (TPSA) is 29.9 Å². The summed E-state index contributed by atoms with van der Waals surface area (Å²) >= 11 is 5.56. The van der Waals surface area contributed by atoms with Gasteiger partial charge in [-0.15, -0.1) is 0 Å². The fourth-order valence-electron chi connectivity index (χ4n) is 1.83. The Hall–Kier alpha value is -1.69. The van der Waals surface area contributed by atoms with Gasteiger partial charge < -0.3 is 5.32 Å². The van der Waals surface area contributed by atoms with E-state index in [1.807, 2.05) is 13.1 Å². The number of aryl methyl sites for hydroxylation is 1. The summed E-state index contributed by atoms with van der Waals surface area (Å²) in [5, 5.41) is 6.68. The molecular formula is C13H13ClF3N3. The molecule has 2 aromatic rings. The highest BCUT2D eigenvalue weighted by molar-refractivity contribution is 6.31. The summed E-state index contributed by atoms with van der Waals surface area (Å²) in [6.07, 6.45) is -2.10. The number of nitrogens with one attached hydrogen (secondary N) is 1. The maximum absolute atomic E-state index is 12.7. The smallest absolute Gasteiger partial charge is 0.385 e. The van der Waals surface area contributed by atoms with Crippen molar-refractivity contribution >= 4 is 17.3 Å². The van der Waals surface area contributed by atoms with Gasteiger partial charge in [0.2, 0.25) is 0 Å². The Labute approximate surface area is 119 Å². The molecule has 0 saturated carbocycles. The van der Waals surface area contributed by atoms with E-state index in [1.165, 1.54) is 12.1 Å². The van der Waals surface area contributed by atoms with Crippen molar-refractivity contribution in [2.24, 2.45) is 7.05 Å². The van der Waals surface area contributed by atoms with Crippen LogP contribution in [0.15, 0.2) is 30.5 Å². The molecule has 0 amide bonds. The average molecular weight is 304 g/mol. The quantitative estimate of drug-likeness (QED) is 0.932. The van der Waals surface area contributed by atoms with Gasteiger partial charge in [0.15, 0.2) is 0 Å². The van der Waals surface area contributed by atoms with Gasteiger partial charge in [-0.05, 0) is 24.3 Å². The molecule has 108 valence electrons. The lowest BCUT2D eigenvalue weighted by atomic mass is 10.2. The molecular weight excluding hydrogens is 291 g/mol. The Morgan fingerprint density at radius 3 is 2.65 bits per heavy atom. The maximum Gasteiger partial charge on any atom is 0.417 e. The molecule has 0 aliphatic carbocycles. The predicted molar refractivity (Wildman–Crippen MR) is 71.9 cm³/mol. The molecule has 20 heavy (non-hydrogen) atoms. The van der Waals surface area contributed by atoms with Crippen LogP contribution < -0.4 is 5.32 Å². The number of anilines is 1. The van der Waals surface area contributed by atoms with E-state index < -0.39 is 11.7 Å². The van der Waals surface area contributed by atoms with E-state index in [0.717, 1.165) is 11.8 Å². The molecule has 1 heterocycles. The molecule has 7 heteroatoms. The summed E-state index contributed by atoms with van der Waals surface area (Å²) in [5.74, 6) is 0. The highest BCUT2D eigenvalue weighted by Crippen LogP contribution is 2.36. The van der Waals surface area contributed by atoms with Crippen molar-refractivity contribution in [1.82, 2.24) is 9.78 Å². The van der Waals surface area contributed by atoms with Crippen LogP contribution >= 0.6 is 11.6 Å². The van der Waals surface area contributed by atoms with Crippen LogP contribution in [0, 0.1) is 0 Å². The van der Waals surface area contributed by atoms with Crippen molar-refractivity contribution in [1.29, 1.82) is 0 Å². The van der Waals surface area contributed by atoms with Gasteiger partial charge in [-0.2, -0.15) is 18.3 Å². The van der Waals surface area contributed by atoms with Crippen molar-refractivity contribution in [3.63, 3.8) is 0 Å². The van der Waals surface area contributed by atoms with E-state index in [0.29, 0.717) is 18.7 Å². The third-order valence-electron chi connectivity index (χ3n) is 2.90. The summed E-state index contributed by atoms with van der Waals surface area (Å²) in [6, 6.07) is 5.66. The second kappa shape index (κ2) is 5.75. The summed E-state index contributed by atoms with van der Waals surface area (Å²) in [6.45, 7) is 0.512. The van der Waals surface area contributed by atoms with Gasteiger partial charge >= 0.3 is 6.18 Å². The number of nitrogens with zero attached hydrogens (tertiary/aromatic N) is 2. The van der Waals surface area contributed by atoms with Crippen molar-refractivity contribution in [2.75, 3.05) is 11.9 Å². The Bertz CT molecular complexity index is 593. The second-order valence-corrected chi connectivity index (χ2v) is 4.72. The highest BCUT2D eigenvalue weighted by Gasteiger charge is 2.33. The molecule has 0 radical (unpaired) electrons. The van der Waals surface area contributed by atoms with E-state index in [2.05, 4.69) is 10.4 Å². The molecule has 0 aliphatic heterocycles. The van der Waals surface area contributed by atoms with Crippen LogP contribution in [0.1, 0.15) is 11.3 Å². The highest BCUT2D eigenvalue weighted by atomic mass is 35.5. The largest absolute Gasteiger partial charge is 0.417 e. The van der Waals surface area contributed by atoms with Crippen molar-refractivity contribution in [2.45, 2.75) is 12.6 Å². The zero-order valence-electron chi connectivity index (χ0n) is 10.7. The molecule has 0 spiro atoms. The Morgan fingerprint density at radius 2 is 2.05 bits per heavy atom. The zero-order chi connectivity index (χ0) is 14.8. The van der Waals surface area contributed by atoms with E-state index in [1.54, 1.807) is 10.9 Å². The van der Waals surface area contributed by atoms with Crippen molar-refractivity contribution < 1.29 is 13.2 Å². The number of hydrogen-bond donors (Lipinski definition) is 1. The molecule has 1 aromatic heterocycles. The van der Waals surface area contributed by atoms with Gasteiger partial charge in [0, 0.05) is 37.6 Å². The minimum atomic E-state index is -4.45. The van der Waals surface area contributed by atoms with Crippen LogP contribution in [0.3, 0.4) is 0 Å². The third kappa shape index (κ3) is 3.45. The standard InChI is InChI=1S/C13H13ClF3N3/c1-20-10(5-7-19-20)4-6-18-9-2-3-12(14)11(8-9)13(15,16)17/h2-3,5,7-8,18H,4,6H2,1H3. The lowest BCUT2D eigenvalue weighted by Gasteiger charge is -2.12. The first-order valence-electron chi connectivity index (χ1n) is 5.95. The van der Waals surface area contributed by atoms with Gasteiger partial charge in [-0.25, -0.2) is 0 Å². The molecule has 3 nitrogen and oxygen atoms in total. The van der Waals surface area contributed by atoms with Gasteiger partial charge in [0.05, 0.1) is 10.6 Å². The summed E-state index contributed by atoms with van der Waals surface area (Å²) in [4.78, 5) is 0. The van der Waals surface area contributed by atoms with E-state index in [4.69, 9.17) is 11.6 Å². The molecule has 0 aliphatic rings. The number of hydrogen-bond acceptors (Lipinski definition) is 2. The fourth-order valence-corrected chi connectivity index (χ4v) is 2.06. The van der Waals surface area contributed by atoms with Gasteiger partial charge in [-0.1, -0.05) is 11.6 Å². The predicted octanol–water partition coefficient (Wildman–Crippen LogP) is 3.75. The van der Waals surface area contributed by atoms with Crippen LogP contribution in [0.4, 0.5) is 18.9 Å². The van der Waals surface area contributed by atoms with Crippen LogP contribution in [0.25, 0.3) is 0 Å². The molecule has 0 bridgehead atoms. The Kier molecular flexibility index (Phi) is 4.23. The van der Waals surface area contributed by atoms with Crippen LogP contribution in [0.5, 0.6) is 0 Å². The zero-order valence-corrected chi connectivity index (χ0v) is 11.5. The Morgan fingerprint density at radius 1 is 1.30 bits per heavy atom. The number of alkyl halides is 3. The number of rotatable bonds is 4. The fraction of sp³-hybridized carbons (Fsp3) is 0.308. The first-order valence-corrected chi connectivity index (χ1v) is 6.33. The summed E-state index contributed by atoms with van der Waals surface area (Å²) < 4.78 is 39.8. The first kappa shape index (κ1) is 14.7. The number of benzene rings is 1. The minimum absolute atomic E-state index is 0.297. The van der Waals surface area contributed by atoms with Crippen molar-refractivity contribution in [3.05, 3.63) is 46.7 Å². The van der Waals surface area contributed by atoms with E-state index >= 15 is 0 Å². The molecule has 2 rings (SSSR count). The van der Waals surface area contributed by atoms with E-state index in [9.17, 15) is 13.2 Å². The molecule has 1 N–H and O–H groups in total. The summed E-state index contributed by atoms with van der Waals surface area (Å²) in [7, 11) is 1.82. The normalized spacial score (nSPS) is 11.7. The second-order valence-electron chi connectivity index (χ2n) is 4.32. The number of halogens is 4. The molecule has 0 fully saturated rings. The van der Waals surface area contributed by atoms with Gasteiger partial charge in [0.25, 0.3) is 0 Å². The monoisotopic (exact) mass is 303 g/mol. The van der Waals surface area contributed by atoms with E-state index in [-0.39, 0.29) is 5.02 Å². The van der Waals surface area contributed by atoms with Gasteiger partial charge in [0.1, 0.15) is 0 Å².